The van der Waals surface area contributed by atoms with Gasteiger partial charge < -0.3 is 19.4 Å². The monoisotopic (exact) mass is 399 g/mol. The number of anilines is 1. The molecule has 156 valence electrons. The van der Waals surface area contributed by atoms with Gasteiger partial charge in [0.15, 0.2) is 12.2 Å². The molecule has 2 atom stereocenters. The second-order valence-electron chi connectivity index (χ2n) is 7.65. The van der Waals surface area contributed by atoms with Crippen LogP contribution in [0.3, 0.4) is 0 Å². The number of unbranched alkanes of at least 4 members (excludes halogenated alkanes) is 2. The number of nitrogens with zero attached hydrogens (tertiary/aromatic N) is 5. The predicted molar refractivity (Wildman–Crippen MR) is 111 cm³/mol. The van der Waals surface area contributed by atoms with Gasteiger partial charge in [0, 0.05) is 32.4 Å². The standard InChI is InChI=1S/C21H29N5O3/c1-4-6-7-12-26-19(27)17-18(23(3)21(26)28)22-20-24(13-14-25(17)20)15-8-10-16(11-9-15)29-5-2/h8-11,17-18H,4-7,12-14H2,1-3H3. The van der Waals surface area contributed by atoms with Crippen molar-refractivity contribution in [2.75, 3.05) is 38.2 Å². The van der Waals surface area contributed by atoms with Gasteiger partial charge in [-0.2, -0.15) is 0 Å². The third kappa shape index (κ3) is 3.30. The molecule has 3 aliphatic rings. The number of hydrogen-bond donors (Lipinski definition) is 0. The van der Waals surface area contributed by atoms with Gasteiger partial charge in [-0.1, -0.05) is 19.8 Å². The molecule has 0 aliphatic carbocycles. The highest BCUT2D eigenvalue weighted by molar-refractivity contribution is 6.07. The summed E-state index contributed by atoms with van der Waals surface area (Å²) in [5.74, 6) is 1.48. The molecular formula is C21H29N5O3. The molecule has 1 aromatic rings. The highest BCUT2D eigenvalue weighted by Crippen LogP contribution is 2.33. The topological polar surface area (TPSA) is 68.7 Å². The van der Waals surface area contributed by atoms with Crippen LogP contribution in [0, 0.1) is 0 Å². The van der Waals surface area contributed by atoms with E-state index in [9.17, 15) is 9.59 Å². The fourth-order valence-corrected chi connectivity index (χ4v) is 4.30. The number of fused-ring (bicyclic) bond motifs is 3. The Morgan fingerprint density at radius 2 is 1.86 bits per heavy atom. The van der Waals surface area contributed by atoms with Crippen LogP contribution in [0.15, 0.2) is 29.3 Å². The fourth-order valence-electron chi connectivity index (χ4n) is 4.30. The number of urea groups is 1. The molecule has 2 unspecified atom stereocenters. The van der Waals surface area contributed by atoms with Crippen molar-refractivity contribution >= 4 is 23.6 Å². The van der Waals surface area contributed by atoms with Crippen molar-refractivity contribution < 1.29 is 14.3 Å². The molecule has 0 saturated carbocycles. The van der Waals surface area contributed by atoms with Crippen molar-refractivity contribution in [3.8, 4) is 5.75 Å². The summed E-state index contributed by atoms with van der Waals surface area (Å²) in [5, 5.41) is 0. The van der Waals surface area contributed by atoms with E-state index in [1.54, 1.807) is 11.9 Å². The van der Waals surface area contributed by atoms with Gasteiger partial charge >= 0.3 is 6.03 Å². The summed E-state index contributed by atoms with van der Waals surface area (Å²) in [7, 11) is 1.74. The lowest BCUT2D eigenvalue weighted by molar-refractivity contribution is -0.137. The zero-order chi connectivity index (χ0) is 20.5. The Labute approximate surface area is 171 Å². The molecule has 0 aromatic heterocycles. The van der Waals surface area contributed by atoms with Crippen LogP contribution in [0.25, 0.3) is 0 Å². The molecule has 2 saturated heterocycles. The molecule has 0 radical (unpaired) electrons. The molecule has 3 heterocycles. The summed E-state index contributed by atoms with van der Waals surface area (Å²) in [5.41, 5.74) is 1.01. The molecule has 0 spiro atoms. The highest BCUT2D eigenvalue weighted by Gasteiger charge is 2.54. The lowest BCUT2D eigenvalue weighted by Crippen LogP contribution is -2.64. The summed E-state index contributed by atoms with van der Waals surface area (Å²) in [6, 6.07) is 7.23. The number of aliphatic imine (C=N–C) groups is 1. The number of ether oxygens (including phenoxy) is 1. The van der Waals surface area contributed by atoms with Crippen LogP contribution in [-0.2, 0) is 4.79 Å². The van der Waals surface area contributed by atoms with E-state index in [1.165, 1.54) is 4.90 Å². The van der Waals surface area contributed by atoms with Crippen LogP contribution in [0.4, 0.5) is 10.5 Å². The van der Waals surface area contributed by atoms with Crippen molar-refractivity contribution in [2.24, 2.45) is 4.99 Å². The van der Waals surface area contributed by atoms with Gasteiger partial charge in [0.1, 0.15) is 5.75 Å². The molecule has 4 rings (SSSR count). The van der Waals surface area contributed by atoms with Crippen molar-refractivity contribution in [1.29, 1.82) is 0 Å². The van der Waals surface area contributed by atoms with E-state index in [0.717, 1.165) is 43.2 Å². The zero-order valence-electron chi connectivity index (χ0n) is 17.4. The summed E-state index contributed by atoms with van der Waals surface area (Å²) >= 11 is 0. The maximum absolute atomic E-state index is 13.2. The predicted octanol–water partition coefficient (Wildman–Crippen LogP) is 2.36. The minimum absolute atomic E-state index is 0.124. The Bertz CT molecular complexity index is 809. The average Bonchev–Trinajstić information content (AvgIpc) is 3.29. The molecular weight excluding hydrogens is 370 g/mol. The fraction of sp³-hybridized carbons (Fsp3) is 0.571. The van der Waals surface area contributed by atoms with Crippen molar-refractivity contribution in [2.45, 2.75) is 45.3 Å². The van der Waals surface area contributed by atoms with Gasteiger partial charge in [-0.05, 0) is 37.6 Å². The van der Waals surface area contributed by atoms with Crippen LogP contribution in [0.5, 0.6) is 5.75 Å². The third-order valence-electron chi connectivity index (χ3n) is 5.82. The van der Waals surface area contributed by atoms with Crippen LogP contribution >= 0.6 is 0 Å². The minimum atomic E-state index is -0.460. The van der Waals surface area contributed by atoms with Gasteiger partial charge in [-0.3, -0.25) is 9.69 Å². The van der Waals surface area contributed by atoms with Gasteiger partial charge in [-0.25, -0.2) is 9.79 Å². The summed E-state index contributed by atoms with van der Waals surface area (Å²) in [6.07, 6.45) is 2.43. The Morgan fingerprint density at radius 3 is 2.55 bits per heavy atom. The van der Waals surface area contributed by atoms with Crippen molar-refractivity contribution in [1.82, 2.24) is 14.7 Å². The summed E-state index contributed by atoms with van der Waals surface area (Å²) < 4.78 is 5.53. The SMILES string of the molecule is CCCCCN1C(=O)C2C(N=C3N(c4ccc(OCC)cc4)CCN32)N(C)C1=O. The number of benzene rings is 1. The van der Waals surface area contributed by atoms with Gasteiger partial charge in [0.2, 0.25) is 5.96 Å². The van der Waals surface area contributed by atoms with E-state index in [0.29, 0.717) is 19.7 Å². The Morgan fingerprint density at radius 1 is 1.10 bits per heavy atom. The number of rotatable bonds is 7. The summed E-state index contributed by atoms with van der Waals surface area (Å²) in [6.45, 7) is 6.65. The molecule has 1 aromatic carbocycles. The average molecular weight is 399 g/mol. The number of guanidine groups is 1. The highest BCUT2D eigenvalue weighted by atomic mass is 16.5. The molecule has 0 N–H and O–H groups in total. The number of likely N-dealkylation sites (N-methyl/N-ethyl adjacent to an activating group) is 1. The van der Waals surface area contributed by atoms with Crippen molar-refractivity contribution in [3.63, 3.8) is 0 Å². The minimum Gasteiger partial charge on any atom is -0.494 e. The second kappa shape index (κ2) is 7.93. The number of amides is 3. The van der Waals surface area contributed by atoms with Crippen molar-refractivity contribution in [3.05, 3.63) is 24.3 Å². The van der Waals surface area contributed by atoms with E-state index in [2.05, 4.69) is 16.7 Å². The van der Waals surface area contributed by atoms with E-state index in [-0.39, 0.29) is 11.9 Å². The molecule has 3 aliphatic heterocycles. The third-order valence-corrected chi connectivity index (χ3v) is 5.82. The quantitative estimate of drug-likeness (QED) is 0.659. The number of carbonyl (C=O) groups excluding carboxylic acids is 2. The lowest BCUT2D eigenvalue weighted by Gasteiger charge is -2.40. The number of carbonyl (C=O) groups is 2. The molecule has 0 bridgehead atoms. The first-order chi connectivity index (χ1) is 14.1. The maximum Gasteiger partial charge on any atom is 0.328 e. The first-order valence-corrected chi connectivity index (χ1v) is 10.5. The molecule has 3 amide bonds. The zero-order valence-corrected chi connectivity index (χ0v) is 17.4. The van der Waals surface area contributed by atoms with Gasteiger partial charge in [-0.15, -0.1) is 0 Å². The molecule has 8 nitrogen and oxygen atoms in total. The molecule has 8 heteroatoms. The number of hydrogen-bond acceptors (Lipinski definition) is 6. The Balaban J connectivity index is 1.55. The maximum atomic E-state index is 13.2. The van der Waals surface area contributed by atoms with Crippen LogP contribution in [0.1, 0.15) is 33.1 Å². The smallest absolute Gasteiger partial charge is 0.328 e. The summed E-state index contributed by atoms with van der Waals surface area (Å²) in [4.78, 5) is 37.9. The molecule has 29 heavy (non-hydrogen) atoms. The van der Waals surface area contributed by atoms with Crippen LogP contribution < -0.4 is 9.64 Å². The van der Waals surface area contributed by atoms with E-state index >= 15 is 0 Å². The second-order valence-corrected chi connectivity index (χ2v) is 7.65. The Kier molecular flexibility index (Phi) is 5.34. The van der Waals surface area contributed by atoms with E-state index < -0.39 is 12.2 Å². The van der Waals surface area contributed by atoms with Crippen LogP contribution in [-0.4, -0.2) is 78.1 Å². The van der Waals surface area contributed by atoms with E-state index in [4.69, 9.17) is 9.73 Å². The first kappa shape index (κ1) is 19.5. The van der Waals surface area contributed by atoms with E-state index in [1.807, 2.05) is 31.2 Å². The van der Waals surface area contributed by atoms with Gasteiger partial charge in [0.25, 0.3) is 5.91 Å². The largest absolute Gasteiger partial charge is 0.494 e. The van der Waals surface area contributed by atoms with Gasteiger partial charge in [0.05, 0.1) is 6.61 Å². The normalized spacial score (nSPS) is 23.5. The number of imide groups is 1. The lowest BCUT2D eigenvalue weighted by atomic mass is 10.1. The first-order valence-electron chi connectivity index (χ1n) is 10.5. The Hall–Kier alpha value is -2.77. The molecule has 2 fully saturated rings. The van der Waals surface area contributed by atoms with Crippen LogP contribution in [0.2, 0.25) is 0 Å².